The van der Waals surface area contributed by atoms with Gasteiger partial charge in [0.2, 0.25) is 10.0 Å². The van der Waals surface area contributed by atoms with Gasteiger partial charge in [-0.3, -0.25) is 4.72 Å². The number of nitrogens with one attached hydrogen (secondary N) is 1. The van der Waals surface area contributed by atoms with Crippen molar-refractivity contribution in [2.24, 2.45) is 0 Å². The van der Waals surface area contributed by atoms with Gasteiger partial charge in [-0.25, -0.2) is 12.8 Å². The van der Waals surface area contributed by atoms with E-state index in [-0.39, 0.29) is 5.82 Å². The number of hydrogen-bond acceptors (Lipinski definition) is 2. The van der Waals surface area contributed by atoms with Gasteiger partial charge in [-0.05, 0) is 47.1 Å². The highest BCUT2D eigenvalue weighted by Crippen LogP contribution is 2.28. The van der Waals surface area contributed by atoms with E-state index < -0.39 is 10.0 Å². The summed E-state index contributed by atoms with van der Waals surface area (Å²) in [5.74, 6) is -0.308. The van der Waals surface area contributed by atoms with Crippen molar-refractivity contribution in [2.75, 3.05) is 11.0 Å². The molecule has 1 N–H and O–H groups in total. The zero-order chi connectivity index (χ0) is 19.0. The van der Waals surface area contributed by atoms with Crippen molar-refractivity contribution in [3.05, 3.63) is 65.5 Å². The van der Waals surface area contributed by atoms with E-state index in [0.717, 1.165) is 29.1 Å². The molecule has 0 aliphatic rings. The summed E-state index contributed by atoms with van der Waals surface area (Å²) in [6, 6.07) is 11.8. The van der Waals surface area contributed by atoms with E-state index in [4.69, 9.17) is 0 Å². The molecule has 0 saturated heterocycles. The molecule has 2 aromatic rings. The predicted molar refractivity (Wildman–Crippen MR) is 109 cm³/mol. The lowest BCUT2D eigenvalue weighted by atomic mass is 9.96. The normalized spacial score (nSPS) is 11.5. The summed E-state index contributed by atoms with van der Waals surface area (Å²) < 4.78 is 39.5. The Morgan fingerprint density at radius 2 is 1.88 bits per heavy atom. The first-order valence-electron chi connectivity index (χ1n) is 8.14. The summed E-state index contributed by atoms with van der Waals surface area (Å²) in [5, 5.41) is 0.883. The standard InChI is InChI=1S/C17H19FNO2PS.C2H6/c1-3-5-15(16-11-14(22)8-9-17(16)18)12-6-4-7-13(10-12)19-23(2,20)21;1-2/h4-11,19H,3,22H2,1-2H3;1-2H3/b15-5-;. The smallest absolute Gasteiger partial charge is 0.229 e. The summed E-state index contributed by atoms with van der Waals surface area (Å²) in [4.78, 5) is 0. The maximum absolute atomic E-state index is 14.2. The Balaban J connectivity index is 0.00000151. The van der Waals surface area contributed by atoms with Crippen LogP contribution in [0.3, 0.4) is 0 Å². The van der Waals surface area contributed by atoms with Gasteiger partial charge in [0.25, 0.3) is 0 Å². The van der Waals surface area contributed by atoms with Crippen LogP contribution in [0.15, 0.2) is 48.5 Å². The van der Waals surface area contributed by atoms with E-state index >= 15 is 0 Å². The highest BCUT2D eigenvalue weighted by atomic mass is 32.2. The fourth-order valence-electron chi connectivity index (χ4n) is 2.30. The SMILES string of the molecule is CC.CC/C=C(/c1cccc(NS(C)(=O)=O)c1)c1cc(P)ccc1F. The monoisotopic (exact) mass is 381 g/mol. The summed E-state index contributed by atoms with van der Waals surface area (Å²) in [6.45, 7) is 5.97. The van der Waals surface area contributed by atoms with Crippen LogP contribution in [0, 0.1) is 5.82 Å². The highest BCUT2D eigenvalue weighted by Gasteiger charge is 2.12. The van der Waals surface area contributed by atoms with Gasteiger partial charge in [0, 0.05) is 11.3 Å². The summed E-state index contributed by atoms with van der Waals surface area (Å²) in [7, 11) is -0.805. The highest BCUT2D eigenvalue weighted by molar-refractivity contribution is 7.92. The van der Waals surface area contributed by atoms with E-state index in [2.05, 4.69) is 14.0 Å². The molecule has 0 aromatic heterocycles. The number of benzene rings is 2. The molecule has 1 unspecified atom stereocenters. The topological polar surface area (TPSA) is 46.2 Å². The lowest BCUT2D eigenvalue weighted by molar-refractivity contribution is 0.607. The quantitative estimate of drug-likeness (QED) is 0.772. The molecule has 2 aromatic carbocycles. The average molecular weight is 381 g/mol. The van der Waals surface area contributed by atoms with E-state index in [1.165, 1.54) is 6.07 Å². The van der Waals surface area contributed by atoms with Crippen LogP contribution in [0.2, 0.25) is 0 Å². The molecule has 0 radical (unpaired) electrons. The summed E-state index contributed by atoms with van der Waals surface area (Å²) in [6.07, 6.45) is 3.77. The van der Waals surface area contributed by atoms with Crippen molar-refractivity contribution in [2.45, 2.75) is 27.2 Å². The Morgan fingerprint density at radius 3 is 2.48 bits per heavy atom. The number of anilines is 1. The second-order valence-corrected chi connectivity index (χ2v) is 7.64. The maximum Gasteiger partial charge on any atom is 0.229 e. The molecule has 0 heterocycles. The molecule has 0 spiro atoms. The van der Waals surface area contributed by atoms with Crippen LogP contribution in [0.5, 0.6) is 0 Å². The fourth-order valence-corrected chi connectivity index (χ4v) is 3.12. The number of allylic oxidation sites excluding steroid dienone is 1. The number of hydrogen-bond donors (Lipinski definition) is 1. The first-order valence-corrected chi connectivity index (χ1v) is 10.6. The van der Waals surface area contributed by atoms with Gasteiger partial charge < -0.3 is 0 Å². The molecule has 1 atom stereocenters. The zero-order valence-corrected chi connectivity index (χ0v) is 17.0. The van der Waals surface area contributed by atoms with Gasteiger partial charge in [0.05, 0.1) is 6.26 Å². The first-order chi connectivity index (χ1) is 11.8. The second kappa shape index (κ2) is 9.69. The number of sulfonamides is 1. The van der Waals surface area contributed by atoms with Crippen LogP contribution < -0.4 is 10.0 Å². The van der Waals surface area contributed by atoms with Gasteiger partial charge in [-0.1, -0.05) is 45.0 Å². The largest absolute Gasteiger partial charge is 0.284 e. The molecule has 6 heteroatoms. The van der Waals surface area contributed by atoms with Crippen LogP contribution in [0.4, 0.5) is 10.1 Å². The third kappa shape index (κ3) is 6.60. The van der Waals surface area contributed by atoms with E-state index in [9.17, 15) is 12.8 Å². The van der Waals surface area contributed by atoms with E-state index in [1.54, 1.807) is 30.3 Å². The summed E-state index contributed by atoms with van der Waals surface area (Å²) >= 11 is 0. The Hall–Kier alpha value is -1.71. The third-order valence-electron chi connectivity index (χ3n) is 3.17. The molecule has 0 bridgehead atoms. The minimum atomic E-state index is -3.36. The maximum atomic E-state index is 14.2. The van der Waals surface area contributed by atoms with E-state index in [0.29, 0.717) is 11.3 Å². The lowest BCUT2D eigenvalue weighted by Crippen LogP contribution is -2.09. The molecule has 136 valence electrons. The van der Waals surface area contributed by atoms with Gasteiger partial charge in [-0.15, -0.1) is 9.24 Å². The molecular weight excluding hydrogens is 356 g/mol. The van der Waals surface area contributed by atoms with Crippen molar-refractivity contribution in [3.8, 4) is 0 Å². The van der Waals surface area contributed by atoms with Crippen molar-refractivity contribution >= 4 is 35.8 Å². The van der Waals surface area contributed by atoms with Crippen molar-refractivity contribution < 1.29 is 12.8 Å². The fraction of sp³-hybridized carbons (Fsp3) is 0.263. The Kier molecular flexibility index (Phi) is 8.27. The van der Waals surface area contributed by atoms with Crippen molar-refractivity contribution in [3.63, 3.8) is 0 Å². The summed E-state index contributed by atoms with van der Waals surface area (Å²) in [5.41, 5.74) is 2.45. The van der Waals surface area contributed by atoms with Gasteiger partial charge in [0.1, 0.15) is 5.82 Å². The molecule has 2 rings (SSSR count). The molecule has 0 amide bonds. The lowest BCUT2D eigenvalue weighted by Gasteiger charge is -2.12. The molecule has 0 saturated carbocycles. The molecule has 25 heavy (non-hydrogen) atoms. The minimum Gasteiger partial charge on any atom is -0.284 e. The zero-order valence-electron chi connectivity index (χ0n) is 15.0. The second-order valence-electron chi connectivity index (χ2n) is 5.22. The first kappa shape index (κ1) is 21.3. The third-order valence-corrected chi connectivity index (χ3v) is 4.13. The minimum absolute atomic E-state index is 0.308. The van der Waals surface area contributed by atoms with Gasteiger partial charge >= 0.3 is 0 Å². The van der Waals surface area contributed by atoms with Crippen LogP contribution in [0.1, 0.15) is 38.3 Å². The van der Waals surface area contributed by atoms with Crippen LogP contribution in [-0.2, 0) is 10.0 Å². The molecule has 0 aliphatic carbocycles. The Bertz CT molecular complexity index is 848. The Morgan fingerprint density at radius 1 is 1.20 bits per heavy atom. The van der Waals surface area contributed by atoms with Crippen LogP contribution in [-0.4, -0.2) is 14.7 Å². The van der Waals surface area contributed by atoms with Crippen LogP contribution >= 0.6 is 9.24 Å². The molecule has 3 nitrogen and oxygen atoms in total. The molecule has 0 aliphatic heterocycles. The molecule has 0 fully saturated rings. The van der Waals surface area contributed by atoms with Crippen molar-refractivity contribution in [1.29, 1.82) is 0 Å². The average Bonchev–Trinajstić information content (AvgIpc) is 2.56. The van der Waals surface area contributed by atoms with Crippen molar-refractivity contribution in [1.82, 2.24) is 0 Å². The predicted octanol–water partition coefficient (Wildman–Crippen LogP) is 4.57. The molecular formula is C19H25FNO2PS. The number of rotatable bonds is 5. The number of halogens is 1. The van der Waals surface area contributed by atoms with E-state index in [1.807, 2.05) is 32.9 Å². The Labute approximate surface area is 152 Å². The van der Waals surface area contributed by atoms with Gasteiger partial charge in [-0.2, -0.15) is 0 Å². The van der Waals surface area contributed by atoms with Crippen LogP contribution in [0.25, 0.3) is 5.57 Å². The van der Waals surface area contributed by atoms with Gasteiger partial charge in [0.15, 0.2) is 0 Å².